The van der Waals surface area contributed by atoms with E-state index in [-0.39, 0.29) is 5.15 Å². The number of aromatic nitrogens is 1. The maximum atomic E-state index is 5.98. The van der Waals surface area contributed by atoms with Gasteiger partial charge in [-0.25, -0.2) is 4.98 Å². The third-order valence-electron chi connectivity index (χ3n) is 2.67. The molecule has 2 rings (SSSR count). The molecule has 1 heterocycles. The molecule has 1 fully saturated rings. The van der Waals surface area contributed by atoms with Crippen molar-refractivity contribution in [3.05, 3.63) is 21.3 Å². The minimum atomic E-state index is 0.282. The Morgan fingerprint density at radius 2 is 2.00 bits per heavy atom. The van der Waals surface area contributed by atoms with E-state index in [1.165, 1.54) is 12.8 Å². The van der Waals surface area contributed by atoms with E-state index in [1.807, 2.05) is 0 Å². The number of anilines is 1. The molecule has 1 aromatic heterocycles. The molecule has 0 unspecified atom stereocenters. The second-order valence-corrected chi connectivity index (χ2v) is 5.43. The van der Waals surface area contributed by atoms with E-state index in [9.17, 15) is 0 Å². The van der Waals surface area contributed by atoms with Crippen LogP contribution in [0.4, 0.5) is 5.82 Å². The number of nitrogens with zero attached hydrogens (tertiary/aromatic N) is 1. The predicted octanol–water partition coefficient (Wildman–Crippen LogP) is 4.25. The van der Waals surface area contributed by atoms with Gasteiger partial charge < -0.3 is 5.32 Å². The summed E-state index contributed by atoms with van der Waals surface area (Å²) in [6, 6.07) is 1.61. The van der Waals surface area contributed by atoms with E-state index >= 15 is 0 Å². The molecular formula is C10H11Cl3N2. The van der Waals surface area contributed by atoms with E-state index in [1.54, 1.807) is 6.07 Å². The quantitative estimate of drug-likeness (QED) is 0.826. The molecule has 0 atom stereocenters. The van der Waals surface area contributed by atoms with Gasteiger partial charge in [-0.05, 0) is 24.3 Å². The second kappa shape index (κ2) is 4.00. The Morgan fingerprint density at radius 3 is 2.60 bits per heavy atom. The zero-order chi connectivity index (χ0) is 11.1. The van der Waals surface area contributed by atoms with Crippen molar-refractivity contribution in [3.8, 4) is 0 Å². The molecule has 2 nitrogen and oxygen atoms in total. The minimum Gasteiger partial charge on any atom is -0.368 e. The smallest absolute Gasteiger partial charge is 0.150 e. The van der Waals surface area contributed by atoms with E-state index in [0.717, 1.165) is 6.54 Å². The monoisotopic (exact) mass is 264 g/mol. The van der Waals surface area contributed by atoms with Crippen molar-refractivity contribution < 1.29 is 0 Å². The summed E-state index contributed by atoms with van der Waals surface area (Å²) in [5, 5.41) is 4.37. The first-order chi connectivity index (χ1) is 7.00. The lowest BCUT2D eigenvalue weighted by molar-refractivity contribution is 0.609. The zero-order valence-corrected chi connectivity index (χ0v) is 10.5. The van der Waals surface area contributed by atoms with Crippen LogP contribution in [0.5, 0.6) is 0 Å². The lowest BCUT2D eigenvalue weighted by Crippen LogP contribution is -2.13. The summed E-state index contributed by atoms with van der Waals surface area (Å²) in [7, 11) is 0. The Hall–Kier alpha value is -0.180. The van der Waals surface area contributed by atoms with Crippen molar-refractivity contribution in [3.63, 3.8) is 0 Å². The van der Waals surface area contributed by atoms with Crippen LogP contribution in [0.2, 0.25) is 15.2 Å². The van der Waals surface area contributed by atoms with Gasteiger partial charge in [0.1, 0.15) is 11.0 Å². The Balaban J connectivity index is 2.10. The summed E-state index contributed by atoms with van der Waals surface area (Å²) < 4.78 is 0. The SMILES string of the molecule is CC1(CNc2nc(Cl)c(Cl)cc2Cl)CC1. The highest BCUT2D eigenvalue weighted by atomic mass is 35.5. The molecule has 82 valence electrons. The molecule has 1 N–H and O–H groups in total. The number of halogens is 3. The summed E-state index contributed by atoms with van der Waals surface area (Å²) in [4.78, 5) is 4.09. The summed E-state index contributed by atoms with van der Waals surface area (Å²) in [5.41, 5.74) is 0.400. The molecule has 1 aliphatic rings. The topological polar surface area (TPSA) is 24.9 Å². The van der Waals surface area contributed by atoms with Crippen LogP contribution >= 0.6 is 34.8 Å². The molecule has 0 amide bonds. The van der Waals surface area contributed by atoms with Crippen LogP contribution in [-0.2, 0) is 0 Å². The maximum absolute atomic E-state index is 5.98. The van der Waals surface area contributed by atoms with Crippen LogP contribution in [0.25, 0.3) is 0 Å². The van der Waals surface area contributed by atoms with Crippen LogP contribution in [0.3, 0.4) is 0 Å². The van der Waals surface area contributed by atoms with Crippen molar-refractivity contribution in [2.75, 3.05) is 11.9 Å². The Bertz CT molecular complexity index is 388. The molecule has 0 saturated heterocycles. The largest absolute Gasteiger partial charge is 0.368 e. The van der Waals surface area contributed by atoms with E-state index in [2.05, 4.69) is 17.2 Å². The standard InChI is InChI=1S/C10H11Cl3N2/c1-10(2-3-10)5-14-9-7(12)4-6(11)8(13)15-9/h4H,2-3,5H2,1H3,(H,14,15). The fraction of sp³-hybridized carbons (Fsp3) is 0.500. The molecule has 0 bridgehead atoms. The summed E-state index contributed by atoms with van der Waals surface area (Å²) in [6.07, 6.45) is 2.50. The van der Waals surface area contributed by atoms with Gasteiger partial charge in [0.05, 0.1) is 10.0 Å². The van der Waals surface area contributed by atoms with Gasteiger partial charge in [0.25, 0.3) is 0 Å². The van der Waals surface area contributed by atoms with Gasteiger partial charge in [-0.15, -0.1) is 0 Å². The Labute approximate surface area is 104 Å². The van der Waals surface area contributed by atoms with Gasteiger partial charge >= 0.3 is 0 Å². The van der Waals surface area contributed by atoms with Crippen LogP contribution in [-0.4, -0.2) is 11.5 Å². The summed E-state index contributed by atoms with van der Waals surface area (Å²) >= 11 is 17.6. The molecule has 0 spiro atoms. The first kappa shape index (κ1) is 11.3. The van der Waals surface area contributed by atoms with Crippen LogP contribution in [0.1, 0.15) is 19.8 Å². The summed E-state index contributed by atoms with van der Waals surface area (Å²) in [6.45, 7) is 3.10. The maximum Gasteiger partial charge on any atom is 0.150 e. The van der Waals surface area contributed by atoms with E-state index in [4.69, 9.17) is 34.8 Å². The molecule has 5 heteroatoms. The zero-order valence-electron chi connectivity index (χ0n) is 8.28. The average molecular weight is 266 g/mol. The van der Waals surface area contributed by atoms with Gasteiger partial charge in [0, 0.05) is 6.54 Å². The van der Waals surface area contributed by atoms with Crippen molar-refractivity contribution in [2.45, 2.75) is 19.8 Å². The van der Waals surface area contributed by atoms with Crippen molar-refractivity contribution in [2.24, 2.45) is 5.41 Å². The minimum absolute atomic E-state index is 0.282. The highest BCUT2D eigenvalue weighted by Gasteiger charge is 2.37. The Morgan fingerprint density at radius 1 is 1.33 bits per heavy atom. The molecule has 1 aliphatic carbocycles. The van der Waals surface area contributed by atoms with Crippen LogP contribution < -0.4 is 5.32 Å². The first-order valence-electron chi connectivity index (χ1n) is 4.76. The molecule has 1 aromatic rings. The van der Waals surface area contributed by atoms with E-state index in [0.29, 0.717) is 21.3 Å². The van der Waals surface area contributed by atoms with Crippen molar-refractivity contribution >= 4 is 40.6 Å². The predicted molar refractivity (Wildman–Crippen MR) is 65.1 cm³/mol. The van der Waals surface area contributed by atoms with Gasteiger partial charge in [0.15, 0.2) is 0 Å². The van der Waals surface area contributed by atoms with Crippen molar-refractivity contribution in [1.82, 2.24) is 4.98 Å². The number of rotatable bonds is 3. The van der Waals surface area contributed by atoms with Gasteiger partial charge in [-0.3, -0.25) is 0 Å². The molecule has 0 aromatic carbocycles. The van der Waals surface area contributed by atoms with Gasteiger partial charge in [-0.1, -0.05) is 41.7 Å². The van der Waals surface area contributed by atoms with Gasteiger partial charge in [0.2, 0.25) is 0 Å². The molecular weight excluding hydrogens is 254 g/mol. The third-order valence-corrected chi connectivity index (χ3v) is 3.63. The fourth-order valence-corrected chi connectivity index (χ4v) is 1.82. The normalized spacial score (nSPS) is 17.6. The lowest BCUT2D eigenvalue weighted by Gasteiger charge is -2.12. The lowest BCUT2D eigenvalue weighted by atomic mass is 10.1. The molecule has 0 radical (unpaired) electrons. The van der Waals surface area contributed by atoms with Crippen LogP contribution in [0.15, 0.2) is 6.07 Å². The average Bonchev–Trinajstić information content (AvgIpc) is 2.89. The number of nitrogens with one attached hydrogen (secondary N) is 1. The second-order valence-electron chi connectivity index (χ2n) is 4.26. The summed E-state index contributed by atoms with van der Waals surface area (Å²) in [5.74, 6) is 0.610. The van der Waals surface area contributed by atoms with E-state index < -0.39 is 0 Å². The molecule has 1 saturated carbocycles. The number of hydrogen-bond acceptors (Lipinski definition) is 2. The van der Waals surface area contributed by atoms with Gasteiger partial charge in [-0.2, -0.15) is 0 Å². The first-order valence-corrected chi connectivity index (χ1v) is 5.89. The van der Waals surface area contributed by atoms with Crippen molar-refractivity contribution in [1.29, 1.82) is 0 Å². The fourth-order valence-electron chi connectivity index (χ4n) is 1.26. The Kier molecular flexibility index (Phi) is 3.02. The highest BCUT2D eigenvalue weighted by Crippen LogP contribution is 2.45. The number of hydrogen-bond donors (Lipinski definition) is 1. The number of pyridine rings is 1. The molecule has 15 heavy (non-hydrogen) atoms. The molecule has 0 aliphatic heterocycles. The third kappa shape index (κ3) is 2.68. The van der Waals surface area contributed by atoms with Crippen LogP contribution in [0, 0.1) is 5.41 Å². The highest BCUT2D eigenvalue weighted by molar-refractivity contribution is 6.42.